The summed E-state index contributed by atoms with van der Waals surface area (Å²) in [4.78, 5) is 22.4. The zero-order valence-electron chi connectivity index (χ0n) is 14.2. The van der Waals surface area contributed by atoms with Crippen LogP contribution in [0.3, 0.4) is 0 Å². The van der Waals surface area contributed by atoms with Gasteiger partial charge in [0.1, 0.15) is 22.4 Å². The van der Waals surface area contributed by atoms with E-state index in [2.05, 4.69) is 20.2 Å². The molecule has 1 aromatic rings. The SMILES string of the molecule is Cc1nc(Cl)cc(N2CCC(CNC(=O)OC(C)(C)C)CC2)n1. The lowest BCUT2D eigenvalue weighted by atomic mass is 9.97. The number of aryl methyl sites for hydroxylation is 1. The maximum Gasteiger partial charge on any atom is 0.407 e. The molecule has 1 aliphatic heterocycles. The minimum atomic E-state index is -0.461. The van der Waals surface area contributed by atoms with E-state index in [1.165, 1.54) is 0 Å². The van der Waals surface area contributed by atoms with Crippen LogP contribution in [0.2, 0.25) is 5.15 Å². The van der Waals surface area contributed by atoms with E-state index in [9.17, 15) is 4.79 Å². The van der Waals surface area contributed by atoms with Crippen LogP contribution in [0.25, 0.3) is 0 Å². The van der Waals surface area contributed by atoms with Crippen molar-refractivity contribution in [1.82, 2.24) is 15.3 Å². The van der Waals surface area contributed by atoms with Gasteiger partial charge in [-0.15, -0.1) is 0 Å². The second-order valence-corrected chi connectivity index (χ2v) is 7.30. The number of rotatable bonds is 3. The van der Waals surface area contributed by atoms with E-state index in [-0.39, 0.29) is 6.09 Å². The second kappa shape index (κ2) is 7.34. The molecule has 0 spiro atoms. The van der Waals surface area contributed by atoms with Gasteiger partial charge in [0.25, 0.3) is 0 Å². The molecule has 1 aromatic heterocycles. The molecule has 0 saturated carbocycles. The predicted molar refractivity (Wildman–Crippen MR) is 91.0 cm³/mol. The normalized spacial score (nSPS) is 16.3. The van der Waals surface area contributed by atoms with E-state index in [1.807, 2.05) is 27.7 Å². The van der Waals surface area contributed by atoms with Crippen molar-refractivity contribution in [1.29, 1.82) is 0 Å². The summed E-state index contributed by atoms with van der Waals surface area (Å²) in [5, 5.41) is 3.33. The topological polar surface area (TPSA) is 67.4 Å². The fourth-order valence-corrected chi connectivity index (χ4v) is 2.81. The van der Waals surface area contributed by atoms with Crippen molar-refractivity contribution in [3.63, 3.8) is 0 Å². The number of hydrogen-bond acceptors (Lipinski definition) is 5. The molecule has 6 nitrogen and oxygen atoms in total. The number of carbonyl (C=O) groups is 1. The van der Waals surface area contributed by atoms with Crippen molar-refractivity contribution in [2.75, 3.05) is 24.5 Å². The van der Waals surface area contributed by atoms with E-state index < -0.39 is 5.60 Å². The fourth-order valence-electron chi connectivity index (χ4n) is 2.59. The summed E-state index contributed by atoms with van der Waals surface area (Å²) in [7, 11) is 0. The monoisotopic (exact) mass is 340 g/mol. The molecule has 7 heteroatoms. The van der Waals surface area contributed by atoms with Crippen molar-refractivity contribution >= 4 is 23.5 Å². The average molecular weight is 341 g/mol. The highest BCUT2D eigenvalue weighted by Gasteiger charge is 2.22. The summed E-state index contributed by atoms with van der Waals surface area (Å²) in [6, 6.07) is 1.80. The molecule has 1 saturated heterocycles. The van der Waals surface area contributed by atoms with Crippen molar-refractivity contribution in [3.8, 4) is 0 Å². The lowest BCUT2D eigenvalue weighted by molar-refractivity contribution is 0.0517. The number of nitrogens with one attached hydrogen (secondary N) is 1. The van der Waals surface area contributed by atoms with Gasteiger partial charge in [0, 0.05) is 25.7 Å². The standard InChI is InChI=1S/C16H25ClN4O2/c1-11-19-13(17)9-14(20-11)21-7-5-12(6-8-21)10-18-15(22)23-16(2,3)4/h9,12H,5-8,10H2,1-4H3,(H,18,22). The maximum atomic E-state index is 11.7. The van der Waals surface area contributed by atoms with Crippen LogP contribution in [0.4, 0.5) is 10.6 Å². The first-order chi connectivity index (χ1) is 10.7. The van der Waals surface area contributed by atoms with E-state index in [0.717, 1.165) is 31.7 Å². The van der Waals surface area contributed by atoms with E-state index in [0.29, 0.717) is 23.4 Å². The summed E-state index contributed by atoms with van der Waals surface area (Å²) in [6.07, 6.45) is 1.64. The molecule has 1 amide bonds. The lowest BCUT2D eigenvalue weighted by Gasteiger charge is -2.33. The van der Waals surface area contributed by atoms with Gasteiger partial charge in [0.05, 0.1) is 0 Å². The van der Waals surface area contributed by atoms with Crippen LogP contribution in [0.5, 0.6) is 0 Å². The quantitative estimate of drug-likeness (QED) is 0.856. The summed E-state index contributed by atoms with van der Waals surface area (Å²) < 4.78 is 5.25. The smallest absolute Gasteiger partial charge is 0.407 e. The number of anilines is 1. The number of amides is 1. The first-order valence-corrected chi connectivity index (χ1v) is 8.34. The van der Waals surface area contributed by atoms with E-state index in [1.54, 1.807) is 6.07 Å². The molecular weight excluding hydrogens is 316 g/mol. The molecule has 0 aromatic carbocycles. The third-order valence-electron chi connectivity index (χ3n) is 3.67. The number of halogens is 1. The Hall–Kier alpha value is -1.56. The molecule has 1 N–H and O–H groups in total. The molecule has 1 fully saturated rings. The first kappa shape index (κ1) is 17.8. The highest BCUT2D eigenvalue weighted by Crippen LogP contribution is 2.23. The molecule has 0 aliphatic carbocycles. The van der Waals surface area contributed by atoms with Gasteiger partial charge in [-0.1, -0.05) is 11.6 Å². The third kappa shape index (κ3) is 5.86. The molecule has 128 valence electrons. The van der Waals surface area contributed by atoms with Crippen molar-refractivity contribution in [2.24, 2.45) is 5.92 Å². The number of carbonyl (C=O) groups excluding carboxylic acids is 1. The predicted octanol–water partition coefficient (Wildman–Crippen LogP) is 3.18. The Bertz CT molecular complexity index is 531. The maximum absolute atomic E-state index is 11.7. The Balaban J connectivity index is 1.79. The van der Waals surface area contributed by atoms with Gasteiger partial charge in [-0.25, -0.2) is 14.8 Å². The number of ether oxygens (including phenoxy) is 1. The van der Waals surface area contributed by atoms with Crippen LogP contribution in [-0.2, 0) is 4.74 Å². The van der Waals surface area contributed by atoms with Crippen molar-refractivity contribution < 1.29 is 9.53 Å². The molecule has 0 atom stereocenters. The zero-order chi connectivity index (χ0) is 17.0. The Kier molecular flexibility index (Phi) is 5.68. The number of alkyl carbamates (subject to hydrolysis) is 1. The van der Waals surface area contributed by atoms with Gasteiger partial charge in [0.15, 0.2) is 0 Å². The molecule has 1 aliphatic rings. The highest BCUT2D eigenvalue weighted by atomic mass is 35.5. The molecule has 23 heavy (non-hydrogen) atoms. The second-order valence-electron chi connectivity index (χ2n) is 6.91. The first-order valence-electron chi connectivity index (χ1n) is 7.96. The number of aromatic nitrogens is 2. The molecule has 0 radical (unpaired) electrons. The van der Waals surface area contributed by atoms with Crippen LogP contribution in [0.1, 0.15) is 39.4 Å². The average Bonchev–Trinajstić information content (AvgIpc) is 2.43. The van der Waals surface area contributed by atoms with E-state index >= 15 is 0 Å². The lowest BCUT2D eigenvalue weighted by Crippen LogP contribution is -2.40. The van der Waals surface area contributed by atoms with E-state index in [4.69, 9.17) is 16.3 Å². The number of piperidine rings is 1. The summed E-state index contributed by atoms with van der Waals surface area (Å²) in [6.45, 7) is 9.86. The van der Waals surface area contributed by atoms with Crippen LogP contribution in [-0.4, -0.2) is 41.3 Å². The zero-order valence-corrected chi connectivity index (χ0v) is 15.0. The Morgan fingerprint density at radius 2 is 2.04 bits per heavy atom. The minimum absolute atomic E-state index is 0.349. The summed E-state index contributed by atoms with van der Waals surface area (Å²) in [5.41, 5.74) is -0.461. The van der Waals surface area contributed by atoms with Gasteiger partial charge >= 0.3 is 6.09 Å². The Labute approximate surface area is 142 Å². The van der Waals surface area contributed by atoms with Crippen LogP contribution in [0.15, 0.2) is 6.07 Å². The highest BCUT2D eigenvalue weighted by molar-refractivity contribution is 6.29. The number of nitrogens with zero attached hydrogens (tertiary/aromatic N) is 3. The van der Waals surface area contributed by atoms with Gasteiger partial charge in [0.2, 0.25) is 0 Å². The fraction of sp³-hybridized carbons (Fsp3) is 0.688. The molecule has 0 unspecified atom stereocenters. The van der Waals surface area contributed by atoms with Gasteiger partial charge in [-0.05, 0) is 46.5 Å². The van der Waals surface area contributed by atoms with Crippen LogP contribution < -0.4 is 10.2 Å². The summed E-state index contributed by atoms with van der Waals surface area (Å²) >= 11 is 6.00. The largest absolute Gasteiger partial charge is 0.444 e. The molecule has 2 rings (SSSR count). The molecule has 2 heterocycles. The van der Waals surface area contributed by atoms with Gasteiger partial charge < -0.3 is 15.0 Å². The van der Waals surface area contributed by atoms with Crippen LogP contribution in [0, 0.1) is 12.8 Å². The Morgan fingerprint density at radius 1 is 1.39 bits per heavy atom. The Morgan fingerprint density at radius 3 is 2.61 bits per heavy atom. The third-order valence-corrected chi connectivity index (χ3v) is 3.86. The van der Waals surface area contributed by atoms with Crippen LogP contribution >= 0.6 is 11.6 Å². The van der Waals surface area contributed by atoms with Crippen molar-refractivity contribution in [2.45, 2.75) is 46.1 Å². The molecule has 0 bridgehead atoms. The molecular formula is C16H25ClN4O2. The summed E-state index contributed by atoms with van der Waals surface area (Å²) in [5.74, 6) is 2.01. The van der Waals surface area contributed by atoms with Gasteiger partial charge in [-0.2, -0.15) is 0 Å². The minimum Gasteiger partial charge on any atom is -0.444 e. The van der Waals surface area contributed by atoms with Gasteiger partial charge in [-0.3, -0.25) is 0 Å². The number of hydrogen-bond donors (Lipinski definition) is 1. The van der Waals surface area contributed by atoms with Crippen molar-refractivity contribution in [3.05, 3.63) is 17.0 Å².